The minimum Gasteiger partial charge on any atom is -1.00 e. The molecule has 0 radical (unpaired) electrons. The van der Waals surface area contributed by atoms with Crippen LogP contribution in [-0.4, -0.2) is 37.7 Å². The van der Waals surface area contributed by atoms with Crippen LogP contribution in [0, 0.1) is 0 Å². The molecule has 158 valence electrons. The van der Waals surface area contributed by atoms with Gasteiger partial charge in [-0.1, -0.05) is 64.4 Å². The minimum absolute atomic E-state index is 0. The van der Waals surface area contributed by atoms with Crippen molar-refractivity contribution in [2.45, 2.75) is 71.1 Å². The topological polar surface area (TPSA) is 23.5 Å². The second-order valence-electron chi connectivity index (χ2n) is 8.39. The first-order valence-corrected chi connectivity index (χ1v) is 11.5. The lowest BCUT2D eigenvalue weighted by Crippen LogP contribution is -3.14. The molecule has 3 nitrogen and oxygen atoms in total. The van der Waals surface area contributed by atoms with Crippen LogP contribution in [0.4, 0.5) is 5.69 Å². The van der Waals surface area contributed by atoms with E-state index in [1.165, 1.54) is 114 Å². The largest absolute Gasteiger partial charge is 1.00 e. The van der Waals surface area contributed by atoms with Gasteiger partial charge < -0.3 is 27.2 Å². The van der Waals surface area contributed by atoms with E-state index in [1.54, 1.807) is 0 Å². The fourth-order valence-corrected chi connectivity index (χ4v) is 4.52. The molecule has 1 aliphatic rings. The van der Waals surface area contributed by atoms with E-state index in [1.807, 2.05) is 4.90 Å². The molecule has 0 atom stereocenters. The molecule has 0 aliphatic carbocycles. The number of aromatic amines is 1. The molecule has 0 unspecified atom stereocenters. The van der Waals surface area contributed by atoms with E-state index in [-0.39, 0.29) is 12.4 Å². The molecule has 0 saturated carbocycles. The average Bonchev–Trinajstić information content (AvgIpc) is 3.19. The number of H-pyrrole nitrogens is 1. The lowest BCUT2D eigenvalue weighted by molar-refractivity contribution is -0.900. The third-order valence-corrected chi connectivity index (χ3v) is 6.27. The van der Waals surface area contributed by atoms with Crippen LogP contribution in [0.5, 0.6) is 0 Å². The monoisotopic (exact) mass is 405 g/mol. The van der Waals surface area contributed by atoms with E-state index in [2.05, 4.69) is 47.3 Å². The highest BCUT2D eigenvalue weighted by Crippen LogP contribution is 2.25. The molecular formula is C24H40ClN3. The molecule has 0 amide bonds. The zero-order valence-electron chi connectivity index (χ0n) is 17.8. The van der Waals surface area contributed by atoms with E-state index in [9.17, 15) is 0 Å². The van der Waals surface area contributed by atoms with Crippen LogP contribution in [0.2, 0.25) is 0 Å². The molecule has 1 saturated heterocycles. The second-order valence-corrected chi connectivity index (χ2v) is 8.39. The Balaban J connectivity index is 0.00000280. The van der Waals surface area contributed by atoms with E-state index in [0.717, 1.165) is 0 Å². The van der Waals surface area contributed by atoms with Gasteiger partial charge in [-0.15, -0.1) is 0 Å². The first kappa shape index (κ1) is 23.1. The van der Waals surface area contributed by atoms with Gasteiger partial charge >= 0.3 is 0 Å². The molecule has 1 fully saturated rings. The van der Waals surface area contributed by atoms with Crippen LogP contribution in [0.25, 0.3) is 10.9 Å². The molecule has 28 heavy (non-hydrogen) atoms. The number of nitrogens with one attached hydrogen (secondary N) is 2. The Morgan fingerprint density at radius 3 is 2.18 bits per heavy atom. The maximum absolute atomic E-state index is 3.34. The van der Waals surface area contributed by atoms with Crippen molar-refractivity contribution in [1.82, 2.24) is 4.98 Å². The number of piperazine rings is 1. The van der Waals surface area contributed by atoms with Gasteiger partial charge in [0.1, 0.15) is 0 Å². The number of fused-ring (bicyclic) bond motifs is 1. The van der Waals surface area contributed by atoms with E-state index >= 15 is 0 Å². The third kappa shape index (κ3) is 7.00. The van der Waals surface area contributed by atoms with Crippen molar-refractivity contribution in [1.29, 1.82) is 0 Å². The molecule has 2 heterocycles. The van der Waals surface area contributed by atoms with E-state index in [4.69, 9.17) is 0 Å². The van der Waals surface area contributed by atoms with Crippen molar-refractivity contribution in [2.75, 3.05) is 37.6 Å². The van der Waals surface area contributed by atoms with Crippen LogP contribution in [-0.2, 0) is 0 Å². The zero-order chi connectivity index (χ0) is 18.7. The van der Waals surface area contributed by atoms with Gasteiger partial charge in [-0.25, -0.2) is 0 Å². The predicted molar refractivity (Wildman–Crippen MR) is 118 cm³/mol. The van der Waals surface area contributed by atoms with Gasteiger partial charge in [0.2, 0.25) is 0 Å². The minimum atomic E-state index is 0. The quantitative estimate of drug-likeness (QED) is 0.517. The maximum Gasteiger partial charge on any atom is 0.0949 e. The highest BCUT2D eigenvalue weighted by Gasteiger charge is 2.20. The molecule has 1 aromatic heterocycles. The molecule has 1 aliphatic heterocycles. The summed E-state index contributed by atoms with van der Waals surface area (Å²) in [4.78, 5) is 7.73. The van der Waals surface area contributed by atoms with Crippen molar-refractivity contribution < 1.29 is 17.3 Å². The normalized spacial score (nSPS) is 15.1. The summed E-state index contributed by atoms with van der Waals surface area (Å²) in [6, 6.07) is 8.85. The summed E-state index contributed by atoms with van der Waals surface area (Å²) in [5, 5.41) is 1.37. The van der Waals surface area contributed by atoms with Gasteiger partial charge in [0.15, 0.2) is 0 Å². The van der Waals surface area contributed by atoms with Crippen molar-refractivity contribution in [3.05, 3.63) is 30.5 Å². The van der Waals surface area contributed by atoms with Gasteiger partial charge in [0.25, 0.3) is 0 Å². The number of anilines is 1. The van der Waals surface area contributed by atoms with Crippen LogP contribution < -0.4 is 22.2 Å². The Morgan fingerprint density at radius 1 is 0.857 bits per heavy atom. The number of hydrogen-bond acceptors (Lipinski definition) is 1. The van der Waals surface area contributed by atoms with Crippen molar-refractivity contribution in [3.63, 3.8) is 0 Å². The zero-order valence-corrected chi connectivity index (χ0v) is 18.6. The number of aromatic nitrogens is 1. The Kier molecular flexibility index (Phi) is 10.8. The van der Waals surface area contributed by atoms with Crippen LogP contribution >= 0.6 is 0 Å². The van der Waals surface area contributed by atoms with Crippen LogP contribution in [0.1, 0.15) is 71.1 Å². The van der Waals surface area contributed by atoms with Crippen molar-refractivity contribution in [3.8, 4) is 0 Å². The number of benzene rings is 1. The molecule has 1 aromatic carbocycles. The molecule has 2 N–H and O–H groups in total. The number of nitrogens with zero attached hydrogens (tertiary/aromatic N) is 1. The van der Waals surface area contributed by atoms with Gasteiger partial charge in [-0.2, -0.15) is 0 Å². The standard InChI is InChI=1S/C24H39N3.ClH/c1-2-3-4-5-6-7-8-9-10-11-17-26-18-20-27(21-19-26)24-14-12-13-23-22(24)15-16-25-23;/h12-16,25H,2-11,17-21H2,1H3;1H. The fraction of sp³-hybridized carbons (Fsp3) is 0.667. The van der Waals surface area contributed by atoms with Gasteiger partial charge in [-0.3, -0.25) is 0 Å². The Morgan fingerprint density at radius 2 is 1.50 bits per heavy atom. The lowest BCUT2D eigenvalue weighted by Gasteiger charge is -2.34. The van der Waals surface area contributed by atoms with Crippen LogP contribution in [0.15, 0.2) is 30.5 Å². The number of halogens is 1. The first-order valence-electron chi connectivity index (χ1n) is 11.5. The number of unbranched alkanes of at least 4 members (excludes halogenated alkanes) is 9. The number of quaternary nitrogens is 1. The highest BCUT2D eigenvalue weighted by atomic mass is 35.5. The summed E-state index contributed by atoms with van der Waals surface area (Å²) < 4.78 is 0. The van der Waals surface area contributed by atoms with Crippen LogP contribution in [0.3, 0.4) is 0 Å². The maximum atomic E-state index is 3.34. The molecule has 0 bridgehead atoms. The van der Waals surface area contributed by atoms with Crippen molar-refractivity contribution in [2.24, 2.45) is 0 Å². The molecule has 0 spiro atoms. The Labute approximate surface area is 178 Å². The molecule has 2 aromatic rings. The molecule has 3 rings (SSSR count). The SMILES string of the molecule is CCCCCCCCCCCC[NH+]1CCN(c2cccc3[nH]ccc23)CC1.[Cl-]. The summed E-state index contributed by atoms with van der Waals surface area (Å²) >= 11 is 0. The summed E-state index contributed by atoms with van der Waals surface area (Å²) in [6.07, 6.45) is 16.4. The highest BCUT2D eigenvalue weighted by molar-refractivity contribution is 5.92. The fourth-order valence-electron chi connectivity index (χ4n) is 4.52. The van der Waals surface area contributed by atoms with Crippen molar-refractivity contribution >= 4 is 16.6 Å². The smallest absolute Gasteiger partial charge is 0.0949 e. The van der Waals surface area contributed by atoms with Gasteiger partial charge in [0.05, 0.1) is 32.7 Å². The third-order valence-electron chi connectivity index (χ3n) is 6.27. The summed E-state index contributed by atoms with van der Waals surface area (Å²) in [5.41, 5.74) is 2.67. The Hall–Kier alpha value is -1.19. The molecule has 4 heteroatoms. The first-order chi connectivity index (χ1) is 13.4. The summed E-state index contributed by atoms with van der Waals surface area (Å²) in [6.45, 7) is 8.63. The number of hydrogen-bond donors (Lipinski definition) is 2. The predicted octanol–water partition coefficient (Wildman–Crippen LogP) is 1.80. The van der Waals surface area contributed by atoms with Gasteiger partial charge in [0, 0.05) is 22.8 Å². The van der Waals surface area contributed by atoms with Gasteiger partial charge in [-0.05, 0) is 31.0 Å². The Bertz CT molecular complexity index is 646. The summed E-state index contributed by atoms with van der Waals surface area (Å²) in [7, 11) is 0. The summed E-state index contributed by atoms with van der Waals surface area (Å²) in [5.74, 6) is 0. The van der Waals surface area contributed by atoms with E-state index < -0.39 is 0 Å². The average molecular weight is 406 g/mol. The second kappa shape index (κ2) is 13.1. The van der Waals surface area contributed by atoms with E-state index in [0.29, 0.717) is 0 Å². The lowest BCUT2D eigenvalue weighted by atomic mass is 10.1. The molecular weight excluding hydrogens is 366 g/mol. The number of rotatable bonds is 12.